The van der Waals surface area contributed by atoms with Crippen molar-refractivity contribution >= 4 is 11.1 Å². The van der Waals surface area contributed by atoms with Crippen molar-refractivity contribution in [2.75, 3.05) is 13.7 Å². The van der Waals surface area contributed by atoms with Crippen LogP contribution < -0.4 is 9.47 Å². The molecule has 0 saturated heterocycles. The van der Waals surface area contributed by atoms with Gasteiger partial charge in [0.05, 0.1) is 0 Å². The summed E-state index contributed by atoms with van der Waals surface area (Å²) < 4.78 is 12.6. The molecule has 5 heteroatoms. The van der Waals surface area contributed by atoms with E-state index in [1.807, 2.05) is 43.3 Å². The molecule has 0 spiro atoms. The van der Waals surface area contributed by atoms with Crippen molar-refractivity contribution < 1.29 is 19.7 Å². The van der Waals surface area contributed by atoms with Crippen LogP contribution in [-0.2, 0) is 0 Å². The Hall–Kier alpha value is -3.44. The molecule has 3 aromatic carbocycles. The summed E-state index contributed by atoms with van der Waals surface area (Å²) in [5.74, 6) is 1.96. The van der Waals surface area contributed by atoms with Crippen molar-refractivity contribution in [1.29, 1.82) is 0 Å². The molecule has 1 aliphatic heterocycles. The molecule has 1 fully saturated rings. The topological polar surface area (TPSA) is 62.2 Å². The molecule has 35 heavy (non-hydrogen) atoms. The van der Waals surface area contributed by atoms with Crippen molar-refractivity contribution in [2.24, 2.45) is 0 Å². The lowest BCUT2D eigenvalue weighted by molar-refractivity contribution is 0.0871. The number of fused-ring (bicyclic) bond motifs is 1. The van der Waals surface area contributed by atoms with Gasteiger partial charge in [0.1, 0.15) is 35.7 Å². The predicted octanol–water partition coefficient (Wildman–Crippen LogP) is 6.41. The number of aromatic hydroxyl groups is 2. The van der Waals surface area contributed by atoms with Gasteiger partial charge < -0.3 is 19.7 Å². The van der Waals surface area contributed by atoms with Crippen molar-refractivity contribution in [3.8, 4) is 23.0 Å². The van der Waals surface area contributed by atoms with Gasteiger partial charge in [-0.2, -0.15) is 0 Å². The van der Waals surface area contributed by atoms with E-state index in [4.69, 9.17) is 9.47 Å². The van der Waals surface area contributed by atoms with Crippen LogP contribution in [-0.4, -0.2) is 40.9 Å². The normalized spacial score (nSPS) is 18.6. The minimum atomic E-state index is -0.355. The largest absolute Gasteiger partial charge is 0.508 e. The number of benzene rings is 3. The van der Waals surface area contributed by atoms with E-state index < -0.39 is 0 Å². The second-order valence-electron chi connectivity index (χ2n) is 9.75. The molecule has 5 rings (SSSR count). The Labute approximate surface area is 207 Å². The quantitative estimate of drug-likeness (QED) is 0.417. The maximum Gasteiger partial charge on any atom is 0.150 e. The van der Waals surface area contributed by atoms with Crippen molar-refractivity contribution in [1.82, 2.24) is 4.90 Å². The van der Waals surface area contributed by atoms with Gasteiger partial charge >= 0.3 is 0 Å². The van der Waals surface area contributed by atoms with Crippen LogP contribution in [0.1, 0.15) is 55.9 Å². The van der Waals surface area contributed by atoms with E-state index >= 15 is 0 Å². The molecular formula is C30H33NO4. The number of nitrogens with zero attached hydrogens (tertiary/aromatic N) is 1. The molecule has 1 aliphatic carbocycles. The first-order chi connectivity index (χ1) is 16.9. The lowest BCUT2D eigenvalue weighted by Gasteiger charge is -2.38. The minimum absolute atomic E-state index is 0.194. The number of phenols is 2. The Bertz CT molecular complexity index is 1230. The molecule has 0 aromatic heterocycles. The molecule has 1 unspecified atom stereocenters. The highest BCUT2D eigenvalue weighted by molar-refractivity contribution is 5.95. The lowest BCUT2D eigenvalue weighted by Crippen LogP contribution is -2.45. The van der Waals surface area contributed by atoms with Crippen molar-refractivity contribution in [3.63, 3.8) is 0 Å². The van der Waals surface area contributed by atoms with Gasteiger partial charge in [-0.15, -0.1) is 0 Å². The molecule has 2 N–H and O–H groups in total. The summed E-state index contributed by atoms with van der Waals surface area (Å²) in [6, 6.07) is 21.5. The first-order valence-electron chi connectivity index (χ1n) is 12.4. The van der Waals surface area contributed by atoms with Crippen molar-refractivity contribution in [2.45, 2.75) is 51.3 Å². The van der Waals surface area contributed by atoms with Gasteiger partial charge in [-0.1, -0.05) is 30.7 Å². The molecule has 1 heterocycles. The van der Waals surface area contributed by atoms with Crippen LogP contribution >= 0.6 is 0 Å². The predicted molar refractivity (Wildman–Crippen MR) is 139 cm³/mol. The van der Waals surface area contributed by atoms with Gasteiger partial charge in [0.15, 0.2) is 0 Å². The number of hydrogen-bond acceptors (Lipinski definition) is 5. The fraction of sp³-hybridized carbons (Fsp3) is 0.333. The van der Waals surface area contributed by atoms with Crippen molar-refractivity contribution in [3.05, 3.63) is 83.4 Å². The Morgan fingerprint density at radius 2 is 1.74 bits per heavy atom. The zero-order valence-corrected chi connectivity index (χ0v) is 20.6. The molecule has 0 radical (unpaired) electrons. The molecular weight excluding hydrogens is 438 g/mol. The zero-order valence-electron chi connectivity index (χ0n) is 20.6. The maximum atomic E-state index is 10.1. The van der Waals surface area contributed by atoms with Crippen LogP contribution in [0.2, 0.25) is 0 Å². The molecule has 2 atom stereocenters. The minimum Gasteiger partial charge on any atom is -0.508 e. The molecule has 182 valence electrons. The first-order valence-corrected chi connectivity index (χ1v) is 12.4. The number of hydrogen-bond donors (Lipinski definition) is 2. The average molecular weight is 472 g/mol. The summed E-state index contributed by atoms with van der Waals surface area (Å²) in [7, 11) is 2.19. The van der Waals surface area contributed by atoms with E-state index in [1.165, 1.54) is 19.3 Å². The standard InChI is InChI=1S/C30H33NO4/c1-19(31(3)23-7-5-8-23)18-34-26-13-10-21(11-14-26)30-29(22-6-4-9-24(32)16-22)20(2)27-17-25(33)12-15-28(27)35-30/h4,6,9-17,19,23,30,32-33H,5,7-8,18H2,1-3H3/t19-,30?/m0/s1. The molecule has 1 saturated carbocycles. The Morgan fingerprint density at radius 3 is 2.43 bits per heavy atom. The van der Waals surface area contributed by atoms with Gasteiger partial charge in [0.2, 0.25) is 0 Å². The van der Waals surface area contributed by atoms with E-state index in [9.17, 15) is 10.2 Å². The summed E-state index contributed by atoms with van der Waals surface area (Å²) in [5.41, 5.74) is 4.70. The third-order valence-corrected chi connectivity index (χ3v) is 7.46. The summed E-state index contributed by atoms with van der Waals surface area (Å²) in [5, 5.41) is 20.2. The Balaban J connectivity index is 1.40. The zero-order chi connectivity index (χ0) is 24.5. The highest BCUT2D eigenvalue weighted by Crippen LogP contribution is 2.47. The smallest absolute Gasteiger partial charge is 0.150 e. The summed E-state index contributed by atoms with van der Waals surface area (Å²) >= 11 is 0. The summed E-state index contributed by atoms with van der Waals surface area (Å²) in [4.78, 5) is 2.43. The second kappa shape index (κ2) is 9.67. The number of allylic oxidation sites excluding steroid dienone is 1. The molecule has 0 bridgehead atoms. The van der Waals surface area contributed by atoms with Gasteiger partial charge in [-0.3, -0.25) is 4.90 Å². The summed E-state index contributed by atoms with van der Waals surface area (Å²) in [6.07, 6.45) is 3.55. The van der Waals surface area contributed by atoms with Gasteiger partial charge in [-0.25, -0.2) is 0 Å². The van der Waals surface area contributed by atoms with E-state index in [1.54, 1.807) is 30.3 Å². The van der Waals surface area contributed by atoms with Crippen LogP contribution in [0.4, 0.5) is 0 Å². The van der Waals surface area contributed by atoms with Gasteiger partial charge in [0, 0.05) is 23.2 Å². The van der Waals surface area contributed by atoms with Crippen LogP contribution in [0, 0.1) is 0 Å². The van der Waals surface area contributed by atoms with E-state index in [2.05, 4.69) is 18.9 Å². The number of rotatable bonds is 7. The second-order valence-corrected chi connectivity index (χ2v) is 9.75. The van der Waals surface area contributed by atoms with E-state index in [-0.39, 0.29) is 17.6 Å². The van der Waals surface area contributed by atoms with Crippen LogP contribution in [0.15, 0.2) is 66.7 Å². The van der Waals surface area contributed by atoms with Crippen LogP contribution in [0.25, 0.3) is 11.1 Å². The molecule has 5 nitrogen and oxygen atoms in total. The lowest BCUT2D eigenvalue weighted by atomic mass is 9.86. The van der Waals surface area contributed by atoms with Crippen LogP contribution in [0.5, 0.6) is 23.0 Å². The third-order valence-electron chi connectivity index (χ3n) is 7.46. The number of ether oxygens (including phenoxy) is 2. The van der Waals surface area contributed by atoms with E-state index in [0.29, 0.717) is 18.7 Å². The summed E-state index contributed by atoms with van der Waals surface area (Å²) in [6.45, 7) is 4.90. The van der Waals surface area contributed by atoms with Crippen LogP contribution in [0.3, 0.4) is 0 Å². The van der Waals surface area contributed by atoms with Gasteiger partial charge in [-0.05, 0) is 92.9 Å². The Kier molecular flexibility index (Phi) is 6.44. The number of likely N-dealkylation sites (N-methyl/N-ethyl adjacent to an activating group) is 1. The maximum absolute atomic E-state index is 10.1. The third kappa shape index (κ3) is 4.73. The highest BCUT2D eigenvalue weighted by atomic mass is 16.5. The van der Waals surface area contributed by atoms with E-state index in [0.717, 1.165) is 39.3 Å². The fourth-order valence-electron chi connectivity index (χ4n) is 4.94. The monoisotopic (exact) mass is 471 g/mol. The highest BCUT2D eigenvalue weighted by Gasteiger charge is 2.30. The molecule has 2 aliphatic rings. The molecule has 3 aromatic rings. The molecule has 0 amide bonds. The Morgan fingerprint density at radius 1 is 1.00 bits per heavy atom. The number of phenolic OH excluding ortho intramolecular Hbond substituents is 2. The first kappa shape index (κ1) is 23.3. The van der Waals surface area contributed by atoms with Gasteiger partial charge in [0.25, 0.3) is 0 Å². The SMILES string of the molecule is CC1=C(c2cccc(O)c2)C(c2ccc(OC[C@H](C)N(C)C3CCC3)cc2)Oc2ccc(O)cc21. The fourth-order valence-corrected chi connectivity index (χ4v) is 4.94. The average Bonchev–Trinajstić information content (AvgIpc) is 2.82.